The molecule has 1 N–H and O–H groups in total. The normalized spacial score (nSPS) is 10.2. The zero-order chi connectivity index (χ0) is 12.0. The third-order valence-electron chi connectivity index (χ3n) is 1.98. The molecule has 5 heteroatoms. The molecule has 0 spiro atoms. The number of halogens is 1. The summed E-state index contributed by atoms with van der Waals surface area (Å²) >= 11 is 3.32. The summed E-state index contributed by atoms with van der Waals surface area (Å²) in [5, 5.41) is 2.75. The Morgan fingerprint density at radius 3 is 3.00 bits per heavy atom. The summed E-state index contributed by atoms with van der Waals surface area (Å²) in [6.45, 7) is 4.87. The van der Waals surface area contributed by atoms with Gasteiger partial charge < -0.3 is 10.1 Å². The molecule has 0 saturated heterocycles. The number of hydrogen-bond acceptors (Lipinski definition) is 3. The lowest BCUT2D eigenvalue weighted by Crippen LogP contribution is -2.15. The van der Waals surface area contributed by atoms with E-state index in [1.165, 1.54) is 0 Å². The number of amides is 1. The summed E-state index contributed by atoms with van der Waals surface area (Å²) in [5.74, 6) is 0.524. The van der Waals surface area contributed by atoms with E-state index in [0.29, 0.717) is 25.5 Å². The van der Waals surface area contributed by atoms with Crippen molar-refractivity contribution < 1.29 is 9.53 Å². The van der Waals surface area contributed by atoms with Crippen LogP contribution in [0.15, 0.2) is 16.7 Å². The second-order valence-corrected chi connectivity index (χ2v) is 4.23. The summed E-state index contributed by atoms with van der Waals surface area (Å²) in [4.78, 5) is 15.6. The molecule has 0 radical (unpaired) electrons. The van der Waals surface area contributed by atoms with E-state index in [-0.39, 0.29) is 5.91 Å². The number of anilines is 1. The Morgan fingerprint density at radius 1 is 1.62 bits per heavy atom. The zero-order valence-corrected chi connectivity index (χ0v) is 11.0. The molecule has 1 rings (SSSR count). The number of nitrogens with zero attached hydrogens (tertiary/aromatic N) is 1. The molecule has 0 aromatic carbocycles. The summed E-state index contributed by atoms with van der Waals surface area (Å²) in [6, 6.07) is 1.91. The molecule has 88 valence electrons. The Kier molecular flexibility index (Phi) is 5.42. The second-order valence-electron chi connectivity index (χ2n) is 3.31. The van der Waals surface area contributed by atoms with E-state index >= 15 is 0 Å². The fraction of sp³-hybridized carbons (Fsp3) is 0.455. The van der Waals surface area contributed by atoms with Gasteiger partial charge in [-0.25, -0.2) is 4.98 Å². The number of rotatable bonds is 5. The summed E-state index contributed by atoms with van der Waals surface area (Å²) in [6.07, 6.45) is 2.01. The molecule has 1 amide bonds. The number of aromatic nitrogens is 1. The third kappa shape index (κ3) is 4.28. The highest BCUT2D eigenvalue weighted by Gasteiger charge is 2.05. The lowest BCUT2D eigenvalue weighted by Gasteiger charge is -2.07. The van der Waals surface area contributed by atoms with E-state index < -0.39 is 0 Å². The van der Waals surface area contributed by atoms with Crippen molar-refractivity contribution in [2.45, 2.75) is 20.3 Å². The standard InChI is InChI=1S/C11H15BrN2O2/c1-3-16-5-4-10(15)14-11-8(2)6-9(12)7-13-11/h6-7H,3-5H2,1-2H3,(H,13,14,15). The van der Waals surface area contributed by atoms with Crippen molar-refractivity contribution in [2.24, 2.45) is 0 Å². The van der Waals surface area contributed by atoms with Crippen LogP contribution in [0.1, 0.15) is 18.9 Å². The average Bonchev–Trinajstić information content (AvgIpc) is 2.23. The number of carbonyl (C=O) groups excluding carboxylic acids is 1. The van der Waals surface area contributed by atoms with Crippen molar-refractivity contribution in [1.29, 1.82) is 0 Å². The predicted octanol–water partition coefficient (Wildman–Crippen LogP) is 2.52. The molecule has 0 fully saturated rings. The number of ether oxygens (including phenoxy) is 1. The lowest BCUT2D eigenvalue weighted by atomic mass is 10.3. The Bertz CT molecular complexity index is 369. The average molecular weight is 287 g/mol. The smallest absolute Gasteiger partial charge is 0.227 e. The molecule has 1 aromatic rings. The highest BCUT2D eigenvalue weighted by atomic mass is 79.9. The van der Waals surface area contributed by atoms with Gasteiger partial charge in [0.1, 0.15) is 5.82 Å². The van der Waals surface area contributed by atoms with Gasteiger partial charge in [-0.3, -0.25) is 4.79 Å². The molecule has 0 saturated carbocycles. The molecule has 1 heterocycles. The van der Waals surface area contributed by atoms with Crippen molar-refractivity contribution in [3.05, 3.63) is 22.3 Å². The summed E-state index contributed by atoms with van der Waals surface area (Å²) < 4.78 is 6.00. The summed E-state index contributed by atoms with van der Waals surface area (Å²) in [7, 11) is 0. The maximum Gasteiger partial charge on any atom is 0.227 e. The molecule has 0 aliphatic heterocycles. The van der Waals surface area contributed by atoms with E-state index in [1.807, 2.05) is 19.9 Å². The van der Waals surface area contributed by atoms with Gasteiger partial charge in [0, 0.05) is 17.3 Å². The van der Waals surface area contributed by atoms with Crippen LogP contribution in [0.3, 0.4) is 0 Å². The Balaban J connectivity index is 2.49. The number of pyridine rings is 1. The fourth-order valence-electron chi connectivity index (χ4n) is 1.18. The molecule has 0 aliphatic rings. The van der Waals surface area contributed by atoms with Crippen molar-refractivity contribution in [3.63, 3.8) is 0 Å². The number of aryl methyl sites for hydroxylation is 1. The van der Waals surface area contributed by atoms with Crippen LogP contribution in [0, 0.1) is 6.92 Å². The molecule has 4 nitrogen and oxygen atoms in total. The number of carbonyl (C=O) groups is 1. The van der Waals surface area contributed by atoms with Gasteiger partial charge in [0.2, 0.25) is 5.91 Å². The molecular formula is C11H15BrN2O2. The van der Waals surface area contributed by atoms with Crippen LogP contribution in [-0.2, 0) is 9.53 Å². The van der Waals surface area contributed by atoms with Crippen LogP contribution in [0.4, 0.5) is 5.82 Å². The van der Waals surface area contributed by atoms with Gasteiger partial charge in [-0.15, -0.1) is 0 Å². The van der Waals surface area contributed by atoms with E-state index in [2.05, 4.69) is 26.2 Å². The molecular weight excluding hydrogens is 272 g/mol. The predicted molar refractivity (Wildman–Crippen MR) is 66.4 cm³/mol. The zero-order valence-electron chi connectivity index (χ0n) is 9.42. The summed E-state index contributed by atoms with van der Waals surface area (Å²) in [5.41, 5.74) is 0.930. The van der Waals surface area contributed by atoms with Gasteiger partial charge in [0.15, 0.2) is 0 Å². The SMILES string of the molecule is CCOCCC(=O)Nc1ncc(Br)cc1C. The second kappa shape index (κ2) is 6.60. The first kappa shape index (κ1) is 13.1. The maximum absolute atomic E-state index is 11.5. The highest BCUT2D eigenvalue weighted by molar-refractivity contribution is 9.10. The van der Waals surface area contributed by atoms with E-state index in [9.17, 15) is 4.79 Å². The topological polar surface area (TPSA) is 51.2 Å². The Hall–Kier alpha value is -0.940. The van der Waals surface area contributed by atoms with Gasteiger partial charge in [-0.1, -0.05) is 0 Å². The van der Waals surface area contributed by atoms with E-state index in [4.69, 9.17) is 4.74 Å². The molecule has 1 aromatic heterocycles. The van der Waals surface area contributed by atoms with Gasteiger partial charge in [0.05, 0.1) is 13.0 Å². The van der Waals surface area contributed by atoms with Crippen LogP contribution in [0.25, 0.3) is 0 Å². The Morgan fingerprint density at radius 2 is 2.38 bits per heavy atom. The quantitative estimate of drug-likeness (QED) is 0.847. The molecule has 16 heavy (non-hydrogen) atoms. The first-order valence-corrected chi connectivity index (χ1v) is 5.92. The molecule has 0 aliphatic carbocycles. The minimum Gasteiger partial charge on any atom is -0.381 e. The fourth-order valence-corrected chi connectivity index (χ4v) is 1.62. The monoisotopic (exact) mass is 286 g/mol. The van der Waals surface area contributed by atoms with Gasteiger partial charge in [-0.2, -0.15) is 0 Å². The largest absolute Gasteiger partial charge is 0.381 e. The van der Waals surface area contributed by atoms with Crippen molar-refractivity contribution in [1.82, 2.24) is 4.98 Å². The Labute approximate surface area is 104 Å². The van der Waals surface area contributed by atoms with E-state index in [1.54, 1.807) is 6.20 Å². The number of nitrogens with one attached hydrogen (secondary N) is 1. The highest BCUT2D eigenvalue weighted by Crippen LogP contribution is 2.16. The minimum absolute atomic E-state index is 0.0774. The van der Waals surface area contributed by atoms with E-state index in [0.717, 1.165) is 10.0 Å². The lowest BCUT2D eigenvalue weighted by molar-refractivity contribution is -0.117. The van der Waals surface area contributed by atoms with Crippen LogP contribution >= 0.6 is 15.9 Å². The van der Waals surface area contributed by atoms with Crippen LogP contribution in [-0.4, -0.2) is 24.1 Å². The van der Waals surface area contributed by atoms with Gasteiger partial charge in [-0.05, 0) is 41.4 Å². The van der Waals surface area contributed by atoms with Crippen molar-refractivity contribution >= 4 is 27.7 Å². The van der Waals surface area contributed by atoms with Crippen LogP contribution in [0.5, 0.6) is 0 Å². The molecule has 0 bridgehead atoms. The first-order chi connectivity index (χ1) is 7.63. The number of hydrogen-bond donors (Lipinski definition) is 1. The van der Waals surface area contributed by atoms with Crippen LogP contribution < -0.4 is 5.32 Å². The van der Waals surface area contributed by atoms with Crippen molar-refractivity contribution in [2.75, 3.05) is 18.5 Å². The third-order valence-corrected chi connectivity index (χ3v) is 2.41. The van der Waals surface area contributed by atoms with Gasteiger partial charge in [0.25, 0.3) is 0 Å². The van der Waals surface area contributed by atoms with Crippen molar-refractivity contribution in [3.8, 4) is 0 Å². The molecule has 0 unspecified atom stereocenters. The minimum atomic E-state index is -0.0774. The first-order valence-electron chi connectivity index (χ1n) is 5.13. The molecule has 0 atom stereocenters. The maximum atomic E-state index is 11.5. The van der Waals surface area contributed by atoms with Crippen LogP contribution in [0.2, 0.25) is 0 Å². The van der Waals surface area contributed by atoms with Gasteiger partial charge >= 0.3 is 0 Å².